The van der Waals surface area contributed by atoms with E-state index in [2.05, 4.69) is 10.6 Å². The molecule has 1 saturated heterocycles. The number of halogens is 1. The largest absolute Gasteiger partial charge is 0.333 e. The summed E-state index contributed by atoms with van der Waals surface area (Å²) in [4.78, 5) is 35.9. The predicted octanol–water partition coefficient (Wildman–Crippen LogP) is 3.18. The third kappa shape index (κ3) is 4.09. The van der Waals surface area contributed by atoms with Crippen molar-refractivity contribution >= 4 is 40.6 Å². The van der Waals surface area contributed by atoms with Crippen molar-refractivity contribution in [2.75, 3.05) is 16.8 Å². The van der Waals surface area contributed by atoms with E-state index in [4.69, 9.17) is 11.6 Å². The Kier molecular flexibility index (Phi) is 5.04. The maximum Gasteiger partial charge on any atom is 0.319 e. The van der Waals surface area contributed by atoms with Gasteiger partial charge in [-0.2, -0.15) is 0 Å². The van der Waals surface area contributed by atoms with E-state index in [1.807, 2.05) is 0 Å². The molecule has 9 heteroatoms. The van der Waals surface area contributed by atoms with Gasteiger partial charge in [-0.15, -0.1) is 0 Å². The van der Waals surface area contributed by atoms with Crippen molar-refractivity contribution in [1.82, 2.24) is 5.32 Å². The summed E-state index contributed by atoms with van der Waals surface area (Å²) < 4.78 is 0. The lowest BCUT2D eigenvalue weighted by Crippen LogP contribution is -2.39. The van der Waals surface area contributed by atoms with Crippen LogP contribution in [-0.4, -0.2) is 29.4 Å². The van der Waals surface area contributed by atoms with Crippen LogP contribution < -0.4 is 15.5 Å². The number of carbonyl (C=O) groups is 2. The first kappa shape index (κ1) is 17.7. The number of carbonyl (C=O) groups excluding carboxylic acids is 2. The van der Waals surface area contributed by atoms with Gasteiger partial charge in [0.2, 0.25) is 5.91 Å². The Morgan fingerprint density at radius 1 is 1.15 bits per heavy atom. The summed E-state index contributed by atoms with van der Waals surface area (Å²) in [7, 11) is 0. The van der Waals surface area contributed by atoms with Crippen LogP contribution in [-0.2, 0) is 4.79 Å². The molecule has 0 bridgehead atoms. The van der Waals surface area contributed by atoms with Gasteiger partial charge >= 0.3 is 6.03 Å². The minimum Gasteiger partial charge on any atom is -0.333 e. The lowest BCUT2D eigenvalue weighted by atomic mass is 10.2. The van der Waals surface area contributed by atoms with E-state index in [9.17, 15) is 19.7 Å². The van der Waals surface area contributed by atoms with Gasteiger partial charge in [-0.3, -0.25) is 14.9 Å². The summed E-state index contributed by atoms with van der Waals surface area (Å²) in [5.74, 6) is -0.0899. The highest BCUT2D eigenvalue weighted by Gasteiger charge is 2.31. The van der Waals surface area contributed by atoms with Crippen molar-refractivity contribution in [3.05, 3.63) is 63.7 Å². The van der Waals surface area contributed by atoms with Crippen LogP contribution in [0.2, 0.25) is 5.02 Å². The van der Waals surface area contributed by atoms with Crippen LogP contribution in [0.15, 0.2) is 48.5 Å². The molecule has 3 rings (SSSR count). The van der Waals surface area contributed by atoms with E-state index < -0.39 is 11.0 Å². The van der Waals surface area contributed by atoms with E-state index >= 15 is 0 Å². The van der Waals surface area contributed by atoms with Crippen molar-refractivity contribution in [2.24, 2.45) is 0 Å². The lowest BCUT2D eigenvalue weighted by Gasteiger charge is -2.17. The molecule has 0 aromatic heterocycles. The normalized spacial score (nSPS) is 16.4. The van der Waals surface area contributed by atoms with Gasteiger partial charge in [0.05, 0.1) is 11.0 Å². The van der Waals surface area contributed by atoms with Gasteiger partial charge in [0.1, 0.15) is 0 Å². The van der Waals surface area contributed by atoms with Gasteiger partial charge < -0.3 is 15.5 Å². The average Bonchev–Trinajstić information content (AvgIpc) is 2.96. The molecule has 1 aliphatic rings. The number of hydrogen-bond donors (Lipinski definition) is 2. The van der Waals surface area contributed by atoms with Crippen LogP contribution in [0.1, 0.15) is 6.42 Å². The van der Waals surface area contributed by atoms with Gasteiger partial charge in [-0.25, -0.2) is 4.79 Å². The van der Waals surface area contributed by atoms with Crippen LogP contribution >= 0.6 is 11.6 Å². The van der Waals surface area contributed by atoms with Crippen molar-refractivity contribution in [2.45, 2.75) is 12.5 Å². The van der Waals surface area contributed by atoms with E-state index in [1.165, 1.54) is 24.3 Å². The van der Waals surface area contributed by atoms with Crippen molar-refractivity contribution in [1.29, 1.82) is 0 Å². The highest BCUT2D eigenvalue weighted by Crippen LogP contribution is 2.23. The zero-order chi connectivity index (χ0) is 18.7. The second-order valence-corrected chi connectivity index (χ2v) is 6.22. The average molecular weight is 375 g/mol. The van der Waals surface area contributed by atoms with E-state index in [0.29, 0.717) is 17.3 Å². The number of hydrogen-bond acceptors (Lipinski definition) is 4. The lowest BCUT2D eigenvalue weighted by molar-refractivity contribution is -0.384. The highest BCUT2D eigenvalue weighted by molar-refractivity contribution is 6.30. The fourth-order valence-electron chi connectivity index (χ4n) is 2.69. The number of nitro groups is 1. The Balaban J connectivity index is 1.57. The van der Waals surface area contributed by atoms with Gasteiger partial charge in [0.25, 0.3) is 5.69 Å². The first-order valence-electron chi connectivity index (χ1n) is 7.80. The van der Waals surface area contributed by atoms with Crippen LogP contribution in [0, 0.1) is 10.1 Å². The molecule has 26 heavy (non-hydrogen) atoms. The Morgan fingerprint density at radius 2 is 1.81 bits per heavy atom. The molecule has 1 atom stereocenters. The topological polar surface area (TPSA) is 105 Å². The number of benzene rings is 2. The molecule has 0 radical (unpaired) electrons. The molecule has 1 unspecified atom stereocenters. The third-order valence-corrected chi connectivity index (χ3v) is 4.19. The molecular formula is C17H15ClN4O4. The minimum absolute atomic E-state index is 0.0593. The predicted molar refractivity (Wildman–Crippen MR) is 97.5 cm³/mol. The number of nitrogens with one attached hydrogen (secondary N) is 2. The Morgan fingerprint density at radius 3 is 2.42 bits per heavy atom. The fourth-order valence-corrected chi connectivity index (χ4v) is 2.82. The quantitative estimate of drug-likeness (QED) is 0.633. The molecule has 2 aromatic carbocycles. The van der Waals surface area contributed by atoms with Crippen LogP contribution in [0.3, 0.4) is 0 Å². The maximum atomic E-state index is 12.2. The number of nitro benzene ring substituents is 1. The molecule has 3 amide bonds. The molecule has 8 nitrogen and oxygen atoms in total. The monoisotopic (exact) mass is 374 g/mol. The van der Waals surface area contributed by atoms with E-state index in [1.54, 1.807) is 29.2 Å². The number of amides is 3. The van der Waals surface area contributed by atoms with Crippen molar-refractivity contribution in [3.8, 4) is 0 Å². The summed E-state index contributed by atoms with van der Waals surface area (Å²) in [6, 6.07) is 11.6. The molecule has 0 aliphatic carbocycles. The van der Waals surface area contributed by atoms with E-state index in [-0.39, 0.29) is 24.1 Å². The smallest absolute Gasteiger partial charge is 0.319 e. The summed E-state index contributed by atoms with van der Waals surface area (Å²) in [6.07, 6.45) is 0.191. The Bertz CT molecular complexity index is 839. The van der Waals surface area contributed by atoms with Gasteiger partial charge in [-0.05, 0) is 36.4 Å². The van der Waals surface area contributed by atoms with Crippen LogP contribution in [0.4, 0.5) is 21.9 Å². The second kappa shape index (κ2) is 7.40. The number of anilines is 2. The molecule has 1 heterocycles. The molecule has 2 aromatic rings. The minimum atomic E-state index is -0.515. The van der Waals surface area contributed by atoms with Gasteiger partial charge in [-0.1, -0.05) is 11.6 Å². The van der Waals surface area contributed by atoms with Crippen molar-refractivity contribution < 1.29 is 14.5 Å². The zero-order valence-electron chi connectivity index (χ0n) is 13.5. The molecule has 2 N–H and O–H groups in total. The SMILES string of the molecule is O=C(Nc1ccc([N+](=O)[O-])cc1)NC1CC(=O)N(c2ccc(Cl)cc2)C1. The van der Waals surface area contributed by atoms with Crippen LogP contribution in [0.25, 0.3) is 0 Å². The summed E-state index contributed by atoms with van der Waals surface area (Å²) in [5.41, 5.74) is 1.09. The van der Waals surface area contributed by atoms with Crippen molar-refractivity contribution in [3.63, 3.8) is 0 Å². The molecule has 0 spiro atoms. The summed E-state index contributed by atoms with van der Waals surface area (Å²) in [6.45, 7) is 0.355. The number of nitrogens with zero attached hydrogens (tertiary/aromatic N) is 2. The molecule has 1 aliphatic heterocycles. The molecule has 1 fully saturated rings. The zero-order valence-corrected chi connectivity index (χ0v) is 14.3. The number of rotatable bonds is 4. The molecule has 134 valence electrons. The first-order chi connectivity index (χ1) is 12.4. The Labute approximate surface area is 153 Å². The molecule has 0 saturated carbocycles. The molecular weight excluding hydrogens is 360 g/mol. The fraction of sp³-hybridized carbons (Fsp3) is 0.176. The number of urea groups is 1. The summed E-state index contributed by atoms with van der Waals surface area (Å²) in [5, 5.41) is 16.5. The Hall–Kier alpha value is -3.13. The first-order valence-corrected chi connectivity index (χ1v) is 8.18. The standard InChI is InChI=1S/C17H15ClN4O4/c18-11-1-5-14(6-2-11)21-10-13(9-16(21)23)20-17(24)19-12-3-7-15(8-4-12)22(25)26/h1-8,13H,9-10H2,(H2,19,20,24). The highest BCUT2D eigenvalue weighted by atomic mass is 35.5. The number of non-ortho nitro benzene ring substituents is 1. The van der Waals surface area contributed by atoms with E-state index in [0.717, 1.165) is 5.69 Å². The second-order valence-electron chi connectivity index (χ2n) is 5.78. The van der Waals surface area contributed by atoms with Gasteiger partial charge in [0.15, 0.2) is 0 Å². The van der Waals surface area contributed by atoms with Crippen LogP contribution in [0.5, 0.6) is 0 Å². The summed E-state index contributed by atoms with van der Waals surface area (Å²) >= 11 is 5.85. The van der Waals surface area contributed by atoms with Gasteiger partial charge in [0, 0.05) is 41.5 Å². The maximum absolute atomic E-state index is 12.2. The third-order valence-electron chi connectivity index (χ3n) is 3.93.